The third-order valence-electron chi connectivity index (χ3n) is 3.54. The number of halogens is 1. The van der Waals surface area contributed by atoms with E-state index in [1.807, 2.05) is 6.20 Å². The molecule has 2 aliphatic rings. The first-order valence-electron chi connectivity index (χ1n) is 6.33. The lowest BCUT2D eigenvalue weighted by atomic mass is 10.0. The molecule has 0 unspecified atom stereocenters. The fourth-order valence-corrected chi connectivity index (χ4v) is 2.48. The molecular weight excluding hydrogens is 221 g/mol. The van der Waals surface area contributed by atoms with Crippen molar-refractivity contribution < 1.29 is 9.13 Å². The summed E-state index contributed by atoms with van der Waals surface area (Å²) in [6.07, 6.45) is 4.13. The van der Waals surface area contributed by atoms with Crippen LogP contribution in [-0.2, 0) is 4.74 Å². The SMILES string of the molecule is CN1CCC(N(CCF)CC2=CNCO2)CC1. The Hall–Kier alpha value is -0.810. The van der Waals surface area contributed by atoms with Crippen LogP contribution in [0.15, 0.2) is 12.0 Å². The molecule has 0 amide bonds. The number of piperidine rings is 1. The lowest BCUT2D eigenvalue weighted by Crippen LogP contribution is -2.45. The van der Waals surface area contributed by atoms with Crippen molar-refractivity contribution in [3.05, 3.63) is 12.0 Å². The maximum atomic E-state index is 12.6. The summed E-state index contributed by atoms with van der Waals surface area (Å²) in [4.78, 5) is 4.54. The Bertz CT molecular complexity index is 264. The van der Waals surface area contributed by atoms with Crippen molar-refractivity contribution in [2.75, 3.05) is 46.6 Å². The average molecular weight is 243 g/mol. The number of hydrogen-bond donors (Lipinski definition) is 1. The molecule has 4 nitrogen and oxygen atoms in total. The zero-order valence-corrected chi connectivity index (χ0v) is 10.5. The van der Waals surface area contributed by atoms with Gasteiger partial charge in [-0.25, -0.2) is 4.39 Å². The lowest BCUT2D eigenvalue weighted by Gasteiger charge is -2.36. The summed E-state index contributed by atoms with van der Waals surface area (Å²) in [6, 6.07) is 0.493. The summed E-state index contributed by atoms with van der Waals surface area (Å²) < 4.78 is 18.0. The van der Waals surface area contributed by atoms with Gasteiger partial charge in [0.25, 0.3) is 0 Å². The Morgan fingerprint density at radius 1 is 1.53 bits per heavy atom. The molecule has 1 N–H and O–H groups in total. The van der Waals surface area contributed by atoms with E-state index in [-0.39, 0.29) is 6.67 Å². The third-order valence-corrected chi connectivity index (χ3v) is 3.54. The van der Waals surface area contributed by atoms with Gasteiger partial charge in [-0.05, 0) is 33.0 Å². The Morgan fingerprint density at radius 3 is 2.88 bits per heavy atom. The summed E-state index contributed by atoms with van der Waals surface area (Å²) in [5.41, 5.74) is 0. The lowest BCUT2D eigenvalue weighted by molar-refractivity contribution is 0.102. The van der Waals surface area contributed by atoms with E-state index in [0.29, 0.717) is 19.3 Å². The van der Waals surface area contributed by atoms with E-state index in [1.54, 1.807) is 0 Å². The topological polar surface area (TPSA) is 27.7 Å². The molecule has 2 aliphatic heterocycles. The minimum atomic E-state index is -0.285. The summed E-state index contributed by atoms with van der Waals surface area (Å²) in [7, 11) is 2.14. The van der Waals surface area contributed by atoms with Crippen LogP contribution >= 0.6 is 0 Å². The van der Waals surface area contributed by atoms with Crippen molar-refractivity contribution in [1.82, 2.24) is 15.1 Å². The number of nitrogens with zero attached hydrogens (tertiary/aromatic N) is 2. The molecule has 0 aliphatic carbocycles. The smallest absolute Gasteiger partial charge is 0.158 e. The van der Waals surface area contributed by atoms with Crippen LogP contribution in [0.4, 0.5) is 4.39 Å². The van der Waals surface area contributed by atoms with Crippen LogP contribution in [0.25, 0.3) is 0 Å². The predicted octanol–water partition coefficient (Wildman–Crippen LogP) is 0.771. The van der Waals surface area contributed by atoms with Gasteiger partial charge in [-0.15, -0.1) is 0 Å². The first-order chi connectivity index (χ1) is 8.29. The fourth-order valence-electron chi connectivity index (χ4n) is 2.48. The van der Waals surface area contributed by atoms with Crippen LogP contribution in [0.3, 0.4) is 0 Å². The van der Waals surface area contributed by atoms with Gasteiger partial charge in [0.05, 0.1) is 6.54 Å². The molecule has 0 spiro atoms. The van der Waals surface area contributed by atoms with Crippen molar-refractivity contribution in [3.63, 3.8) is 0 Å². The second kappa shape index (κ2) is 6.21. The largest absolute Gasteiger partial charge is 0.475 e. The maximum Gasteiger partial charge on any atom is 0.158 e. The highest BCUT2D eigenvalue weighted by molar-refractivity contribution is 4.99. The normalized spacial score (nSPS) is 22.4. The van der Waals surface area contributed by atoms with Crippen molar-refractivity contribution in [2.45, 2.75) is 18.9 Å². The highest BCUT2D eigenvalue weighted by Crippen LogP contribution is 2.17. The van der Waals surface area contributed by atoms with E-state index in [4.69, 9.17) is 4.74 Å². The Balaban J connectivity index is 1.86. The molecule has 2 rings (SSSR count). The van der Waals surface area contributed by atoms with Crippen molar-refractivity contribution >= 4 is 0 Å². The van der Waals surface area contributed by atoms with Crippen LogP contribution in [0.2, 0.25) is 0 Å². The van der Waals surface area contributed by atoms with Gasteiger partial charge in [-0.2, -0.15) is 0 Å². The zero-order chi connectivity index (χ0) is 12.1. The first kappa shape index (κ1) is 12.6. The number of ether oxygens (including phenoxy) is 1. The molecule has 0 atom stereocenters. The van der Waals surface area contributed by atoms with Crippen LogP contribution in [0.1, 0.15) is 12.8 Å². The van der Waals surface area contributed by atoms with Crippen molar-refractivity contribution in [3.8, 4) is 0 Å². The molecule has 17 heavy (non-hydrogen) atoms. The van der Waals surface area contributed by atoms with E-state index in [9.17, 15) is 4.39 Å². The van der Waals surface area contributed by atoms with E-state index in [1.165, 1.54) is 0 Å². The number of nitrogens with one attached hydrogen (secondary N) is 1. The molecule has 98 valence electrons. The van der Waals surface area contributed by atoms with Crippen LogP contribution in [0, 0.1) is 0 Å². The van der Waals surface area contributed by atoms with Gasteiger partial charge in [-0.1, -0.05) is 0 Å². The number of hydrogen-bond acceptors (Lipinski definition) is 4. The standard InChI is InChI=1S/C12H22FN3O/c1-15-5-2-11(3-6-15)16(7-4-13)9-12-8-14-10-17-12/h8,11,14H,2-7,9-10H2,1H3. The third kappa shape index (κ3) is 3.57. The second-order valence-corrected chi connectivity index (χ2v) is 4.80. The zero-order valence-electron chi connectivity index (χ0n) is 10.5. The highest BCUT2D eigenvalue weighted by atomic mass is 19.1. The van der Waals surface area contributed by atoms with Gasteiger partial charge in [0.15, 0.2) is 6.73 Å². The molecule has 1 fully saturated rings. The Morgan fingerprint density at radius 2 is 2.29 bits per heavy atom. The molecule has 2 heterocycles. The monoisotopic (exact) mass is 243 g/mol. The van der Waals surface area contributed by atoms with Gasteiger partial charge < -0.3 is 15.0 Å². The molecule has 0 aromatic heterocycles. The number of likely N-dealkylation sites (tertiary alicyclic amines) is 1. The van der Waals surface area contributed by atoms with E-state index in [0.717, 1.165) is 38.2 Å². The minimum absolute atomic E-state index is 0.285. The van der Waals surface area contributed by atoms with Gasteiger partial charge in [0.1, 0.15) is 12.4 Å². The Kier molecular flexibility index (Phi) is 4.62. The molecule has 0 bridgehead atoms. The molecule has 0 radical (unpaired) electrons. The van der Waals surface area contributed by atoms with Gasteiger partial charge in [0, 0.05) is 18.8 Å². The summed E-state index contributed by atoms with van der Waals surface area (Å²) in [5, 5.41) is 3.02. The second-order valence-electron chi connectivity index (χ2n) is 4.80. The van der Waals surface area contributed by atoms with Crippen molar-refractivity contribution in [1.29, 1.82) is 0 Å². The summed E-state index contributed by atoms with van der Waals surface area (Å²) >= 11 is 0. The van der Waals surface area contributed by atoms with Gasteiger partial charge in [0.2, 0.25) is 0 Å². The molecule has 5 heteroatoms. The van der Waals surface area contributed by atoms with Gasteiger partial charge in [-0.3, -0.25) is 4.90 Å². The quantitative estimate of drug-likeness (QED) is 0.772. The minimum Gasteiger partial charge on any atom is -0.475 e. The predicted molar refractivity (Wildman–Crippen MR) is 65.2 cm³/mol. The van der Waals surface area contributed by atoms with E-state index >= 15 is 0 Å². The fraction of sp³-hybridized carbons (Fsp3) is 0.833. The van der Waals surface area contributed by atoms with Gasteiger partial charge >= 0.3 is 0 Å². The number of rotatable bonds is 5. The average Bonchev–Trinajstić information content (AvgIpc) is 2.82. The summed E-state index contributed by atoms with van der Waals surface area (Å²) in [6.45, 7) is 3.71. The van der Waals surface area contributed by atoms with Crippen molar-refractivity contribution in [2.24, 2.45) is 0 Å². The van der Waals surface area contributed by atoms with E-state index in [2.05, 4.69) is 22.2 Å². The van der Waals surface area contributed by atoms with E-state index < -0.39 is 0 Å². The van der Waals surface area contributed by atoms with Crippen LogP contribution in [0.5, 0.6) is 0 Å². The highest BCUT2D eigenvalue weighted by Gasteiger charge is 2.24. The molecular formula is C12H22FN3O. The Labute approximate surface area is 102 Å². The molecule has 0 aromatic rings. The molecule has 0 saturated carbocycles. The van der Waals surface area contributed by atoms with Crippen LogP contribution < -0.4 is 5.32 Å². The first-order valence-corrected chi connectivity index (χ1v) is 6.33. The molecule has 0 aromatic carbocycles. The summed E-state index contributed by atoms with van der Waals surface area (Å²) in [5.74, 6) is 0.928. The number of alkyl halides is 1. The molecule has 1 saturated heterocycles. The van der Waals surface area contributed by atoms with Crippen LogP contribution in [-0.4, -0.2) is 62.5 Å². The maximum absolute atomic E-state index is 12.6.